The van der Waals surface area contributed by atoms with Gasteiger partial charge in [0, 0.05) is 39.4 Å². The molecule has 2 heteroatoms. The molecule has 0 spiro atoms. The number of rotatable bonds is 9. The van der Waals surface area contributed by atoms with E-state index >= 15 is 0 Å². The van der Waals surface area contributed by atoms with Crippen LogP contribution in [0.1, 0.15) is 62.0 Å². The minimum absolute atomic E-state index is 0.346. The normalized spacial score (nSPS) is 17.4. The highest BCUT2D eigenvalue weighted by Gasteiger charge is 2.20. The lowest BCUT2D eigenvalue weighted by Crippen LogP contribution is -2.10. The van der Waals surface area contributed by atoms with Gasteiger partial charge in [-0.2, -0.15) is 0 Å². The predicted octanol–water partition coefficient (Wildman–Crippen LogP) is 16.5. The second-order valence-electron chi connectivity index (χ2n) is 17.0. The van der Waals surface area contributed by atoms with E-state index < -0.39 is 0 Å². The molecule has 11 rings (SSSR count). The van der Waals surface area contributed by atoms with E-state index in [0.29, 0.717) is 5.92 Å². The zero-order valence-electron chi connectivity index (χ0n) is 35.1. The number of fused-ring (bicyclic) bond motifs is 3. The lowest BCUT2D eigenvalue weighted by atomic mass is 9.86. The number of anilines is 3. The van der Waals surface area contributed by atoms with Gasteiger partial charge in [-0.1, -0.05) is 152 Å². The van der Waals surface area contributed by atoms with E-state index in [2.05, 4.69) is 222 Å². The summed E-state index contributed by atoms with van der Waals surface area (Å²) < 4.78 is 2.40. The summed E-state index contributed by atoms with van der Waals surface area (Å²) in [6, 6.07) is 54.0. The van der Waals surface area contributed by atoms with Gasteiger partial charge in [-0.05, 0) is 156 Å². The van der Waals surface area contributed by atoms with Gasteiger partial charge in [0.25, 0.3) is 0 Å². The Balaban J connectivity index is 0.984. The van der Waals surface area contributed by atoms with Gasteiger partial charge in [-0.25, -0.2) is 0 Å². The lowest BCUT2D eigenvalue weighted by Gasteiger charge is -2.27. The Morgan fingerprint density at radius 3 is 2.03 bits per heavy atom. The van der Waals surface area contributed by atoms with Crippen LogP contribution >= 0.6 is 0 Å². The van der Waals surface area contributed by atoms with E-state index in [1.54, 1.807) is 0 Å². The quantitative estimate of drug-likeness (QED) is 0.141. The van der Waals surface area contributed by atoms with E-state index in [1.165, 1.54) is 77.6 Å². The molecule has 1 unspecified atom stereocenters. The Kier molecular flexibility index (Phi) is 10.2. The summed E-state index contributed by atoms with van der Waals surface area (Å²) in [5, 5.41) is 2.53. The molecule has 4 aliphatic rings. The number of para-hydroxylation sites is 2. The van der Waals surface area contributed by atoms with Crippen LogP contribution in [0.2, 0.25) is 0 Å². The summed E-state index contributed by atoms with van der Waals surface area (Å²) in [4.78, 5) is 2.43. The van der Waals surface area contributed by atoms with Crippen molar-refractivity contribution < 1.29 is 0 Å². The number of nitrogens with zero attached hydrogens (tertiary/aromatic N) is 2. The molecule has 2 nitrogen and oxygen atoms in total. The molecule has 1 atom stereocenters. The monoisotopic (exact) mass is 798 g/mol. The van der Waals surface area contributed by atoms with Crippen molar-refractivity contribution in [1.82, 2.24) is 4.57 Å². The predicted molar refractivity (Wildman–Crippen MR) is 264 cm³/mol. The SMILES string of the molecule is C1=CCCC(C2=CC=C(c3ccc(N(c4ccc(C5C=C(C6=CCCC=C6)C=CC5)cc4)c4cccc(-c5cccc6c5c5ccccc5n6-c5ccccc5)c4)cc3)CC2)=C1. The minimum atomic E-state index is 0.346. The van der Waals surface area contributed by atoms with Crippen molar-refractivity contribution in [2.45, 2.75) is 50.9 Å². The molecule has 0 bridgehead atoms. The molecule has 0 amide bonds. The second-order valence-corrected chi connectivity index (χ2v) is 17.0. The maximum atomic E-state index is 2.47. The third-order valence-corrected chi connectivity index (χ3v) is 13.2. The van der Waals surface area contributed by atoms with Gasteiger partial charge in [0.1, 0.15) is 0 Å². The molecule has 0 fully saturated rings. The van der Waals surface area contributed by atoms with Crippen molar-refractivity contribution in [3.05, 3.63) is 246 Å². The molecule has 0 aliphatic heterocycles. The Morgan fingerprint density at radius 1 is 0.500 bits per heavy atom. The molecule has 7 aromatic rings. The largest absolute Gasteiger partial charge is 0.310 e. The fourth-order valence-corrected chi connectivity index (χ4v) is 10.0. The molecule has 1 aromatic heterocycles. The molecule has 1 heterocycles. The molecule has 300 valence electrons. The fourth-order valence-electron chi connectivity index (χ4n) is 10.0. The van der Waals surface area contributed by atoms with Gasteiger partial charge >= 0.3 is 0 Å². The van der Waals surface area contributed by atoms with E-state index in [-0.39, 0.29) is 0 Å². The molecule has 0 radical (unpaired) electrons. The van der Waals surface area contributed by atoms with Crippen molar-refractivity contribution in [3.8, 4) is 16.8 Å². The highest BCUT2D eigenvalue weighted by molar-refractivity contribution is 6.16. The molecule has 0 saturated carbocycles. The number of hydrogen-bond donors (Lipinski definition) is 0. The van der Waals surface area contributed by atoms with Crippen LogP contribution in [0.4, 0.5) is 17.1 Å². The van der Waals surface area contributed by atoms with Crippen molar-refractivity contribution in [3.63, 3.8) is 0 Å². The summed E-state index contributed by atoms with van der Waals surface area (Å²) in [7, 11) is 0. The van der Waals surface area contributed by atoms with Gasteiger partial charge in [-0.15, -0.1) is 0 Å². The van der Waals surface area contributed by atoms with Gasteiger partial charge in [0.15, 0.2) is 0 Å². The molecule has 0 saturated heterocycles. The summed E-state index contributed by atoms with van der Waals surface area (Å²) >= 11 is 0. The average molecular weight is 799 g/mol. The first-order valence-corrected chi connectivity index (χ1v) is 22.4. The van der Waals surface area contributed by atoms with Gasteiger partial charge in [0.2, 0.25) is 0 Å². The van der Waals surface area contributed by atoms with Crippen molar-refractivity contribution in [1.29, 1.82) is 0 Å². The van der Waals surface area contributed by atoms with Crippen LogP contribution in [-0.2, 0) is 0 Å². The standard InChI is InChI=1S/C60H50N2/c1-4-15-43(16-5-1)45-29-31-46(32-30-45)47-33-37-53(38-34-47)61(54-39-35-48(36-40-54)50-20-12-19-49(41-50)44-17-6-2-7-18-44)55-24-13-21-51(42-55)56-26-14-28-59-60(56)57-25-10-11-27-58(57)62(59)52-22-8-3-9-23-52/h1,3-4,6,8-15,17-19,21-29,31,33-42,50H,2,5,7,16,20,30,32H2. The number of allylic oxidation sites excluding steroid dienone is 16. The van der Waals surface area contributed by atoms with Gasteiger partial charge in [-0.3, -0.25) is 0 Å². The molecule has 0 N–H and O–H groups in total. The second kappa shape index (κ2) is 16.7. The number of hydrogen-bond acceptors (Lipinski definition) is 1. The Morgan fingerprint density at radius 2 is 1.24 bits per heavy atom. The third kappa shape index (κ3) is 7.26. The maximum Gasteiger partial charge on any atom is 0.0547 e. The lowest BCUT2D eigenvalue weighted by molar-refractivity contribution is 0.844. The average Bonchev–Trinajstić information content (AvgIpc) is 3.70. The van der Waals surface area contributed by atoms with Crippen LogP contribution in [0.15, 0.2) is 235 Å². The third-order valence-electron chi connectivity index (χ3n) is 13.2. The molecular formula is C60H50N2. The molecule has 62 heavy (non-hydrogen) atoms. The van der Waals surface area contributed by atoms with E-state index in [1.807, 2.05) is 0 Å². The number of benzene rings is 6. The Labute approximate surface area is 365 Å². The van der Waals surface area contributed by atoms with Crippen LogP contribution in [0.5, 0.6) is 0 Å². The highest BCUT2D eigenvalue weighted by atomic mass is 15.1. The smallest absolute Gasteiger partial charge is 0.0547 e. The van der Waals surface area contributed by atoms with Crippen LogP contribution in [0.25, 0.3) is 44.2 Å². The van der Waals surface area contributed by atoms with E-state index in [4.69, 9.17) is 0 Å². The van der Waals surface area contributed by atoms with Crippen LogP contribution < -0.4 is 4.90 Å². The highest BCUT2D eigenvalue weighted by Crippen LogP contribution is 2.43. The zero-order chi connectivity index (χ0) is 41.2. The summed E-state index contributed by atoms with van der Waals surface area (Å²) in [6.45, 7) is 0. The number of aromatic nitrogens is 1. The van der Waals surface area contributed by atoms with Crippen molar-refractivity contribution >= 4 is 44.4 Å². The maximum absolute atomic E-state index is 2.47. The van der Waals surface area contributed by atoms with E-state index in [9.17, 15) is 0 Å². The van der Waals surface area contributed by atoms with Crippen LogP contribution in [0, 0.1) is 0 Å². The first-order valence-electron chi connectivity index (χ1n) is 22.4. The van der Waals surface area contributed by atoms with E-state index in [0.717, 1.165) is 62.0 Å². The summed E-state index contributed by atoms with van der Waals surface area (Å²) in [5.41, 5.74) is 19.1. The minimum Gasteiger partial charge on any atom is -0.310 e. The van der Waals surface area contributed by atoms with Crippen LogP contribution in [-0.4, -0.2) is 4.57 Å². The van der Waals surface area contributed by atoms with Crippen molar-refractivity contribution in [2.24, 2.45) is 0 Å². The topological polar surface area (TPSA) is 8.17 Å². The summed E-state index contributed by atoms with van der Waals surface area (Å²) in [5.74, 6) is 0.346. The molecular weight excluding hydrogens is 749 g/mol. The van der Waals surface area contributed by atoms with Gasteiger partial charge < -0.3 is 9.47 Å². The first kappa shape index (κ1) is 37.8. The Bertz CT molecular complexity index is 3060. The first-order chi connectivity index (χ1) is 30.7. The Hall–Kier alpha value is -7.16. The van der Waals surface area contributed by atoms with Crippen molar-refractivity contribution in [2.75, 3.05) is 4.90 Å². The molecule has 4 aliphatic carbocycles. The van der Waals surface area contributed by atoms with Gasteiger partial charge in [0.05, 0.1) is 11.0 Å². The van der Waals surface area contributed by atoms with Crippen LogP contribution in [0.3, 0.4) is 0 Å². The fraction of sp³-hybridized carbons (Fsp3) is 0.133. The zero-order valence-corrected chi connectivity index (χ0v) is 35.1. The summed E-state index contributed by atoms with van der Waals surface area (Å²) in [6.07, 6.45) is 33.3. The molecule has 6 aromatic carbocycles.